The van der Waals surface area contributed by atoms with Crippen LogP contribution in [0.3, 0.4) is 0 Å². The van der Waals surface area contributed by atoms with Crippen LogP contribution in [-0.4, -0.2) is 10.7 Å². The van der Waals surface area contributed by atoms with E-state index in [4.69, 9.17) is 16.3 Å². The summed E-state index contributed by atoms with van der Waals surface area (Å²) in [4.78, 5) is 0. The molecule has 0 saturated heterocycles. The first-order valence-corrected chi connectivity index (χ1v) is 7.50. The average Bonchev–Trinajstić information content (AvgIpc) is 2.85. The van der Waals surface area contributed by atoms with Crippen LogP contribution in [0.2, 0.25) is 5.02 Å². The molecule has 21 heavy (non-hydrogen) atoms. The van der Waals surface area contributed by atoms with Gasteiger partial charge in [-0.1, -0.05) is 29.8 Å². The van der Waals surface area contributed by atoms with Gasteiger partial charge in [0.25, 0.3) is 0 Å². The summed E-state index contributed by atoms with van der Waals surface area (Å²) in [5, 5.41) is 1.92. The van der Waals surface area contributed by atoms with Crippen LogP contribution in [-0.2, 0) is 6.54 Å². The molecule has 0 radical (unpaired) electrons. The molecule has 1 aromatic heterocycles. The lowest BCUT2D eigenvalue weighted by Gasteiger charge is -2.11. The van der Waals surface area contributed by atoms with Crippen LogP contribution in [0.4, 0.5) is 0 Å². The van der Waals surface area contributed by atoms with Gasteiger partial charge in [0.05, 0.1) is 11.6 Å². The van der Waals surface area contributed by atoms with Crippen LogP contribution < -0.4 is 4.74 Å². The standard InChI is InChI=1S/C18H18ClNO/c1-13(2)21-18-5-3-4-17-16(18)10-11-20(17)12-14-6-8-15(19)9-7-14/h3-11,13H,12H2,1-2H3. The number of benzene rings is 2. The van der Waals surface area contributed by atoms with Crippen LogP contribution in [0.5, 0.6) is 5.75 Å². The van der Waals surface area contributed by atoms with Crippen molar-refractivity contribution in [1.29, 1.82) is 0 Å². The number of ether oxygens (including phenoxy) is 1. The molecule has 0 bridgehead atoms. The summed E-state index contributed by atoms with van der Waals surface area (Å²) in [7, 11) is 0. The molecule has 0 spiro atoms. The number of aromatic nitrogens is 1. The molecule has 2 nitrogen and oxygen atoms in total. The SMILES string of the molecule is CC(C)Oc1cccc2c1ccn2Cc1ccc(Cl)cc1. The van der Waals surface area contributed by atoms with Gasteiger partial charge in [-0.15, -0.1) is 0 Å². The second-order valence-corrected chi connectivity index (χ2v) is 5.86. The Morgan fingerprint density at radius 1 is 1.05 bits per heavy atom. The fraction of sp³-hybridized carbons (Fsp3) is 0.222. The Balaban J connectivity index is 1.95. The lowest BCUT2D eigenvalue weighted by atomic mass is 10.2. The van der Waals surface area contributed by atoms with Crippen molar-refractivity contribution in [2.45, 2.75) is 26.5 Å². The number of fused-ring (bicyclic) bond motifs is 1. The number of halogens is 1. The summed E-state index contributed by atoms with van der Waals surface area (Å²) in [5.41, 5.74) is 2.41. The van der Waals surface area contributed by atoms with Crippen molar-refractivity contribution in [2.24, 2.45) is 0 Å². The number of hydrogen-bond donors (Lipinski definition) is 0. The molecule has 3 aromatic rings. The van der Waals surface area contributed by atoms with Crippen molar-refractivity contribution in [3.05, 3.63) is 65.3 Å². The van der Waals surface area contributed by atoms with Gasteiger partial charge in [0.15, 0.2) is 0 Å². The van der Waals surface area contributed by atoms with E-state index in [1.807, 2.05) is 38.1 Å². The Bertz CT molecular complexity index is 744. The maximum absolute atomic E-state index is 5.93. The third-order valence-corrected chi connectivity index (χ3v) is 3.65. The molecule has 0 aliphatic carbocycles. The van der Waals surface area contributed by atoms with E-state index in [0.29, 0.717) is 0 Å². The van der Waals surface area contributed by atoms with Gasteiger partial charge in [0, 0.05) is 23.2 Å². The van der Waals surface area contributed by atoms with Crippen molar-refractivity contribution in [2.75, 3.05) is 0 Å². The fourth-order valence-corrected chi connectivity index (χ4v) is 2.60. The van der Waals surface area contributed by atoms with Crippen molar-refractivity contribution in [3.63, 3.8) is 0 Å². The van der Waals surface area contributed by atoms with Gasteiger partial charge in [0.2, 0.25) is 0 Å². The largest absolute Gasteiger partial charge is 0.490 e. The second-order valence-electron chi connectivity index (χ2n) is 5.43. The predicted octanol–water partition coefficient (Wildman–Crippen LogP) is 5.13. The van der Waals surface area contributed by atoms with E-state index < -0.39 is 0 Å². The minimum absolute atomic E-state index is 0.176. The number of rotatable bonds is 4. The zero-order valence-electron chi connectivity index (χ0n) is 12.2. The predicted molar refractivity (Wildman–Crippen MR) is 88.3 cm³/mol. The first-order valence-electron chi connectivity index (χ1n) is 7.12. The molecule has 0 unspecified atom stereocenters. The lowest BCUT2D eigenvalue weighted by molar-refractivity contribution is 0.245. The summed E-state index contributed by atoms with van der Waals surface area (Å²) < 4.78 is 8.10. The summed E-state index contributed by atoms with van der Waals surface area (Å²) in [6.45, 7) is 4.92. The summed E-state index contributed by atoms with van der Waals surface area (Å²) in [5.74, 6) is 0.942. The van der Waals surface area contributed by atoms with E-state index in [0.717, 1.165) is 22.7 Å². The molecular formula is C18H18ClNO. The molecule has 0 atom stereocenters. The zero-order valence-corrected chi connectivity index (χ0v) is 13.0. The third kappa shape index (κ3) is 3.06. The molecule has 3 rings (SSSR count). The fourth-order valence-electron chi connectivity index (χ4n) is 2.48. The molecule has 2 aromatic carbocycles. The lowest BCUT2D eigenvalue weighted by Crippen LogP contribution is -2.05. The zero-order chi connectivity index (χ0) is 14.8. The van der Waals surface area contributed by atoms with Gasteiger partial charge in [-0.3, -0.25) is 0 Å². The molecule has 1 heterocycles. The van der Waals surface area contributed by atoms with Crippen LogP contribution in [0.15, 0.2) is 54.7 Å². The van der Waals surface area contributed by atoms with Crippen molar-refractivity contribution >= 4 is 22.5 Å². The second kappa shape index (κ2) is 5.82. The van der Waals surface area contributed by atoms with Gasteiger partial charge in [-0.25, -0.2) is 0 Å². The van der Waals surface area contributed by atoms with Gasteiger partial charge < -0.3 is 9.30 Å². The Morgan fingerprint density at radius 3 is 2.52 bits per heavy atom. The van der Waals surface area contributed by atoms with Crippen LogP contribution in [0.25, 0.3) is 10.9 Å². The maximum atomic E-state index is 5.93. The van der Waals surface area contributed by atoms with Crippen LogP contribution >= 0.6 is 11.6 Å². The molecule has 0 amide bonds. The quantitative estimate of drug-likeness (QED) is 0.651. The Labute approximate surface area is 129 Å². The molecular weight excluding hydrogens is 282 g/mol. The van der Waals surface area contributed by atoms with E-state index in [1.165, 1.54) is 11.1 Å². The Kier molecular flexibility index (Phi) is 3.89. The molecule has 108 valence electrons. The average molecular weight is 300 g/mol. The van der Waals surface area contributed by atoms with Gasteiger partial charge in [-0.2, -0.15) is 0 Å². The topological polar surface area (TPSA) is 14.2 Å². The van der Waals surface area contributed by atoms with Gasteiger partial charge >= 0.3 is 0 Å². The van der Waals surface area contributed by atoms with Crippen LogP contribution in [0.1, 0.15) is 19.4 Å². The van der Waals surface area contributed by atoms with Gasteiger partial charge in [0.1, 0.15) is 5.75 Å². The molecule has 0 N–H and O–H groups in total. The number of hydrogen-bond acceptors (Lipinski definition) is 1. The normalized spacial score (nSPS) is 11.2. The summed E-state index contributed by atoms with van der Waals surface area (Å²) in [6, 6.07) is 16.3. The monoisotopic (exact) mass is 299 g/mol. The minimum atomic E-state index is 0.176. The van der Waals surface area contributed by atoms with E-state index in [1.54, 1.807) is 0 Å². The van der Waals surface area contributed by atoms with Crippen LogP contribution in [0, 0.1) is 0 Å². The minimum Gasteiger partial charge on any atom is -0.490 e. The molecule has 0 aliphatic rings. The van der Waals surface area contributed by atoms with Crippen molar-refractivity contribution in [1.82, 2.24) is 4.57 Å². The Morgan fingerprint density at radius 2 is 1.81 bits per heavy atom. The van der Waals surface area contributed by atoms with E-state index in [-0.39, 0.29) is 6.10 Å². The summed E-state index contributed by atoms with van der Waals surface area (Å²) in [6.07, 6.45) is 2.28. The molecule has 0 fully saturated rings. The molecule has 0 saturated carbocycles. The van der Waals surface area contributed by atoms with Gasteiger partial charge in [-0.05, 0) is 49.7 Å². The third-order valence-electron chi connectivity index (χ3n) is 3.40. The molecule has 3 heteroatoms. The van der Waals surface area contributed by atoms with E-state index in [2.05, 4.69) is 35.0 Å². The van der Waals surface area contributed by atoms with Crippen molar-refractivity contribution in [3.8, 4) is 5.75 Å². The highest BCUT2D eigenvalue weighted by Gasteiger charge is 2.08. The number of nitrogens with zero attached hydrogens (tertiary/aromatic N) is 1. The highest BCUT2D eigenvalue weighted by molar-refractivity contribution is 6.30. The first-order chi connectivity index (χ1) is 10.1. The summed E-state index contributed by atoms with van der Waals surface area (Å²) >= 11 is 5.93. The highest BCUT2D eigenvalue weighted by atomic mass is 35.5. The molecule has 0 aliphatic heterocycles. The maximum Gasteiger partial charge on any atom is 0.129 e. The van der Waals surface area contributed by atoms with Crippen molar-refractivity contribution < 1.29 is 4.74 Å². The van der Waals surface area contributed by atoms with E-state index in [9.17, 15) is 0 Å². The smallest absolute Gasteiger partial charge is 0.129 e. The first kappa shape index (κ1) is 14.0. The van der Waals surface area contributed by atoms with E-state index >= 15 is 0 Å². The Hall–Kier alpha value is -1.93. The highest BCUT2D eigenvalue weighted by Crippen LogP contribution is 2.28.